The fourth-order valence-electron chi connectivity index (χ4n) is 2.74. The molecule has 1 heterocycles. The molecule has 0 radical (unpaired) electrons. The molecule has 0 bridgehead atoms. The lowest BCUT2D eigenvalue weighted by Gasteiger charge is -2.06. The number of methoxy groups -OCH3 is 1. The molecule has 9 heteroatoms. The number of benzene rings is 2. The number of halogens is 2. The van der Waals surface area contributed by atoms with Gasteiger partial charge in [0.2, 0.25) is 0 Å². The number of amides is 2. The second-order valence-corrected chi connectivity index (χ2v) is 7.61. The first-order valence-corrected chi connectivity index (χ1v) is 9.85. The Balaban J connectivity index is 1.95. The molecule has 0 saturated carbocycles. The summed E-state index contributed by atoms with van der Waals surface area (Å²) in [5.41, 5.74) is 0.639. The Kier molecular flexibility index (Phi) is 6.49. The van der Waals surface area contributed by atoms with Crippen LogP contribution in [0.15, 0.2) is 48.5 Å². The number of carbonyl (C=O) groups is 3. The molecule has 0 aliphatic rings. The molecule has 2 N–H and O–H groups in total. The zero-order chi connectivity index (χ0) is 21.8. The number of carbonyl (C=O) groups excluding carboxylic acids is 3. The summed E-state index contributed by atoms with van der Waals surface area (Å²) in [6, 6.07) is 12.0. The van der Waals surface area contributed by atoms with Gasteiger partial charge in [-0.15, -0.1) is 11.3 Å². The van der Waals surface area contributed by atoms with Crippen molar-refractivity contribution in [3.63, 3.8) is 0 Å². The van der Waals surface area contributed by atoms with Crippen LogP contribution < -0.4 is 10.6 Å². The predicted molar refractivity (Wildman–Crippen MR) is 114 cm³/mol. The molecule has 1 aromatic heterocycles. The molecule has 0 fully saturated rings. The fourth-order valence-corrected chi connectivity index (χ4v) is 4.01. The molecule has 2 amide bonds. The zero-order valence-corrected chi connectivity index (χ0v) is 17.5. The standard InChI is InChI=1S/C21H16ClFN2O4S/c1-11-16(21(28)29-2)20(25-18(26)14-8-3-4-9-15(14)23)30-17(11)19(27)24-13-7-5-6-12(22)10-13/h3-10H,1-2H3,(H,24,27)(H,25,26). The van der Waals surface area contributed by atoms with E-state index in [0.29, 0.717) is 16.3 Å². The summed E-state index contributed by atoms with van der Waals surface area (Å²) in [5.74, 6) is -2.67. The van der Waals surface area contributed by atoms with Gasteiger partial charge in [0.1, 0.15) is 10.8 Å². The third-order valence-electron chi connectivity index (χ3n) is 4.17. The Bertz CT molecular complexity index is 1150. The summed E-state index contributed by atoms with van der Waals surface area (Å²) in [7, 11) is 1.19. The van der Waals surface area contributed by atoms with Crippen molar-refractivity contribution in [2.45, 2.75) is 6.92 Å². The van der Waals surface area contributed by atoms with Gasteiger partial charge in [0.15, 0.2) is 0 Å². The molecular weight excluding hydrogens is 431 g/mol. The van der Waals surface area contributed by atoms with Gasteiger partial charge in [0.25, 0.3) is 11.8 Å². The number of esters is 1. The van der Waals surface area contributed by atoms with Crippen LogP contribution in [0.25, 0.3) is 0 Å². The highest BCUT2D eigenvalue weighted by atomic mass is 35.5. The van der Waals surface area contributed by atoms with E-state index < -0.39 is 23.6 Å². The number of thiophene rings is 1. The summed E-state index contributed by atoms with van der Waals surface area (Å²) < 4.78 is 18.7. The largest absolute Gasteiger partial charge is 0.465 e. The van der Waals surface area contributed by atoms with Crippen LogP contribution in [0.2, 0.25) is 5.02 Å². The van der Waals surface area contributed by atoms with Crippen LogP contribution in [0, 0.1) is 12.7 Å². The molecule has 30 heavy (non-hydrogen) atoms. The van der Waals surface area contributed by atoms with Crippen molar-refractivity contribution in [1.82, 2.24) is 0 Å². The molecule has 0 saturated heterocycles. The zero-order valence-electron chi connectivity index (χ0n) is 15.9. The van der Waals surface area contributed by atoms with Gasteiger partial charge in [-0.25, -0.2) is 9.18 Å². The van der Waals surface area contributed by atoms with Crippen molar-refractivity contribution in [2.75, 3.05) is 17.7 Å². The number of rotatable bonds is 5. The van der Waals surface area contributed by atoms with Crippen molar-refractivity contribution < 1.29 is 23.5 Å². The normalized spacial score (nSPS) is 10.4. The minimum atomic E-state index is -0.749. The van der Waals surface area contributed by atoms with E-state index in [-0.39, 0.29) is 21.0 Å². The molecule has 0 atom stereocenters. The van der Waals surface area contributed by atoms with Crippen molar-refractivity contribution >= 4 is 51.4 Å². The number of nitrogens with one attached hydrogen (secondary N) is 2. The fraction of sp³-hybridized carbons (Fsp3) is 0.0952. The van der Waals surface area contributed by atoms with Crippen LogP contribution in [0.4, 0.5) is 15.1 Å². The third kappa shape index (κ3) is 4.50. The van der Waals surface area contributed by atoms with Crippen LogP contribution in [0.5, 0.6) is 0 Å². The third-order valence-corrected chi connectivity index (χ3v) is 5.61. The first-order chi connectivity index (χ1) is 14.3. The molecule has 0 aliphatic heterocycles. The minimum absolute atomic E-state index is 0.0310. The van der Waals surface area contributed by atoms with Gasteiger partial charge in [0.05, 0.1) is 23.1 Å². The van der Waals surface area contributed by atoms with Gasteiger partial charge in [-0.2, -0.15) is 0 Å². The van der Waals surface area contributed by atoms with E-state index in [2.05, 4.69) is 10.6 Å². The lowest BCUT2D eigenvalue weighted by Crippen LogP contribution is -2.15. The van der Waals surface area contributed by atoms with Crippen molar-refractivity contribution in [3.8, 4) is 0 Å². The van der Waals surface area contributed by atoms with E-state index in [1.54, 1.807) is 31.2 Å². The second kappa shape index (κ2) is 9.06. The maximum Gasteiger partial charge on any atom is 0.341 e. The Labute approximate surface area is 180 Å². The highest BCUT2D eigenvalue weighted by molar-refractivity contribution is 7.19. The summed E-state index contributed by atoms with van der Waals surface area (Å²) in [6.07, 6.45) is 0. The highest BCUT2D eigenvalue weighted by Crippen LogP contribution is 2.34. The molecule has 3 rings (SSSR count). The van der Waals surface area contributed by atoms with Crippen molar-refractivity contribution in [1.29, 1.82) is 0 Å². The number of anilines is 2. The summed E-state index contributed by atoms with van der Waals surface area (Å²) >= 11 is 6.83. The Morgan fingerprint density at radius 1 is 1.03 bits per heavy atom. The molecule has 154 valence electrons. The van der Waals surface area contributed by atoms with E-state index in [9.17, 15) is 18.8 Å². The lowest BCUT2D eigenvalue weighted by molar-refractivity contribution is 0.0601. The van der Waals surface area contributed by atoms with E-state index in [4.69, 9.17) is 16.3 Å². The molecule has 0 unspecified atom stereocenters. The van der Waals surface area contributed by atoms with Gasteiger partial charge in [-0.05, 0) is 42.8 Å². The van der Waals surface area contributed by atoms with Crippen LogP contribution in [0.1, 0.15) is 36.0 Å². The van der Waals surface area contributed by atoms with Gasteiger partial charge < -0.3 is 15.4 Å². The van der Waals surface area contributed by atoms with Gasteiger partial charge in [0, 0.05) is 10.7 Å². The Morgan fingerprint density at radius 2 is 1.77 bits per heavy atom. The van der Waals surface area contributed by atoms with Crippen molar-refractivity contribution in [2.24, 2.45) is 0 Å². The first-order valence-electron chi connectivity index (χ1n) is 8.66. The average molecular weight is 447 g/mol. The minimum Gasteiger partial charge on any atom is -0.465 e. The maximum absolute atomic E-state index is 13.9. The average Bonchev–Trinajstić information content (AvgIpc) is 3.03. The molecule has 2 aromatic carbocycles. The SMILES string of the molecule is COC(=O)c1c(NC(=O)c2ccccc2F)sc(C(=O)Nc2cccc(Cl)c2)c1C. The maximum atomic E-state index is 13.9. The Morgan fingerprint density at radius 3 is 2.43 bits per heavy atom. The van der Waals surface area contributed by atoms with E-state index in [1.807, 2.05) is 0 Å². The topological polar surface area (TPSA) is 84.5 Å². The number of hydrogen-bond donors (Lipinski definition) is 2. The molecule has 6 nitrogen and oxygen atoms in total. The van der Waals surface area contributed by atoms with Crippen LogP contribution in [-0.4, -0.2) is 24.9 Å². The number of hydrogen-bond acceptors (Lipinski definition) is 5. The molecule has 0 spiro atoms. The van der Waals surface area contributed by atoms with E-state index in [1.165, 1.54) is 25.3 Å². The summed E-state index contributed by atoms with van der Waals surface area (Å²) in [4.78, 5) is 37.8. The lowest BCUT2D eigenvalue weighted by atomic mass is 10.1. The van der Waals surface area contributed by atoms with Crippen molar-refractivity contribution in [3.05, 3.63) is 80.9 Å². The van der Waals surface area contributed by atoms with Gasteiger partial charge >= 0.3 is 5.97 Å². The molecule has 3 aromatic rings. The second-order valence-electron chi connectivity index (χ2n) is 6.15. The Hall–Kier alpha value is -3.23. The monoisotopic (exact) mass is 446 g/mol. The molecular formula is C21H16ClFN2O4S. The summed E-state index contributed by atoms with van der Waals surface area (Å²) in [5, 5.41) is 5.74. The van der Waals surface area contributed by atoms with E-state index in [0.717, 1.165) is 17.4 Å². The number of ether oxygens (including phenoxy) is 1. The van der Waals surface area contributed by atoms with Crippen LogP contribution in [0.3, 0.4) is 0 Å². The van der Waals surface area contributed by atoms with E-state index >= 15 is 0 Å². The van der Waals surface area contributed by atoms with Crippen LogP contribution >= 0.6 is 22.9 Å². The van der Waals surface area contributed by atoms with Gasteiger partial charge in [-0.3, -0.25) is 9.59 Å². The molecule has 0 aliphatic carbocycles. The first kappa shape index (κ1) is 21.5. The predicted octanol–water partition coefficient (Wildman–Crippen LogP) is 5.14. The summed E-state index contributed by atoms with van der Waals surface area (Å²) in [6.45, 7) is 1.56. The highest BCUT2D eigenvalue weighted by Gasteiger charge is 2.27. The van der Waals surface area contributed by atoms with Gasteiger partial charge in [-0.1, -0.05) is 29.8 Å². The van der Waals surface area contributed by atoms with Crippen LogP contribution in [-0.2, 0) is 4.74 Å². The smallest absolute Gasteiger partial charge is 0.341 e. The quantitative estimate of drug-likeness (QED) is 0.531.